The first kappa shape index (κ1) is 31.9. The number of anilines is 2. The second-order valence-electron chi connectivity index (χ2n) is 13.0. The summed E-state index contributed by atoms with van der Waals surface area (Å²) < 4.78 is 21.3. The van der Waals surface area contributed by atoms with Gasteiger partial charge in [0.1, 0.15) is 36.5 Å². The second kappa shape index (κ2) is 14.2. The molecular weight excluding hydrogens is 614 g/mol. The van der Waals surface area contributed by atoms with E-state index in [-0.39, 0.29) is 18.8 Å². The lowest BCUT2D eigenvalue weighted by atomic mass is 9.81. The van der Waals surface area contributed by atoms with E-state index >= 15 is 0 Å². The monoisotopic (exact) mass is 655 g/mol. The SMILES string of the molecule is C[C@@H](Cn1cnnn1)Oc1cc(-c2cnc(Nc3cn(C4CCC(N5CCOCC5)CC4)nc3OCC3(O)CCC3)nc2)ccc1C#N. The molecule has 1 aromatic carbocycles. The van der Waals surface area contributed by atoms with Crippen LogP contribution in [-0.2, 0) is 11.3 Å². The van der Waals surface area contributed by atoms with Crippen LogP contribution in [0.1, 0.15) is 63.5 Å². The van der Waals surface area contributed by atoms with Crippen LogP contribution in [0.4, 0.5) is 11.6 Å². The van der Waals surface area contributed by atoms with Crippen LogP contribution in [0.5, 0.6) is 11.6 Å². The third kappa shape index (κ3) is 7.40. The molecule has 48 heavy (non-hydrogen) atoms. The Morgan fingerprint density at radius 2 is 1.88 bits per heavy atom. The molecule has 2 N–H and O–H groups in total. The number of hydrogen-bond donors (Lipinski definition) is 2. The zero-order valence-corrected chi connectivity index (χ0v) is 27.1. The van der Waals surface area contributed by atoms with E-state index in [1.807, 2.05) is 29.9 Å². The number of aromatic nitrogens is 8. The number of rotatable bonds is 12. The van der Waals surface area contributed by atoms with E-state index < -0.39 is 5.60 Å². The highest BCUT2D eigenvalue weighted by Crippen LogP contribution is 2.37. The third-order valence-electron chi connectivity index (χ3n) is 9.56. The van der Waals surface area contributed by atoms with Gasteiger partial charge in [-0.05, 0) is 80.0 Å². The van der Waals surface area contributed by atoms with Gasteiger partial charge in [-0.3, -0.25) is 9.58 Å². The van der Waals surface area contributed by atoms with Gasteiger partial charge in [0.2, 0.25) is 5.95 Å². The molecule has 0 bridgehead atoms. The average Bonchev–Trinajstić information content (AvgIpc) is 3.77. The minimum absolute atomic E-state index is 0.194. The van der Waals surface area contributed by atoms with E-state index in [0.29, 0.717) is 41.4 Å². The van der Waals surface area contributed by atoms with Crippen molar-refractivity contribution in [1.29, 1.82) is 5.26 Å². The van der Waals surface area contributed by atoms with Crippen LogP contribution in [-0.4, -0.2) is 101 Å². The van der Waals surface area contributed by atoms with E-state index in [1.165, 1.54) is 6.33 Å². The highest BCUT2D eigenvalue weighted by molar-refractivity contribution is 5.67. The van der Waals surface area contributed by atoms with Crippen LogP contribution in [0.3, 0.4) is 0 Å². The minimum Gasteiger partial charge on any atom is -0.487 e. The van der Waals surface area contributed by atoms with E-state index in [1.54, 1.807) is 23.1 Å². The number of benzene rings is 1. The van der Waals surface area contributed by atoms with Gasteiger partial charge < -0.3 is 24.6 Å². The Bertz CT molecular complexity index is 1690. The largest absolute Gasteiger partial charge is 0.487 e. The van der Waals surface area contributed by atoms with Crippen molar-refractivity contribution in [3.63, 3.8) is 0 Å². The van der Waals surface area contributed by atoms with Crippen molar-refractivity contribution in [2.24, 2.45) is 0 Å². The number of nitrogens with zero attached hydrogens (tertiary/aromatic N) is 10. The van der Waals surface area contributed by atoms with Crippen LogP contribution in [0.15, 0.2) is 43.1 Å². The van der Waals surface area contributed by atoms with Crippen molar-refractivity contribution >= 4 is 11.6 Å². The zero-order chi connectivity index (χ0) is 32.9. The number of aliphatic hydroxyl groups is 1. The standard InChI is InChI=1S/C33H41N11O4/c1-23(19-43-22-37-40-41-43)48-30-15-24(3-4-25(30)16-34)26-17-35-32(36-18-26)38-29-20-44(39-31(29)47-21-33(45)9-2-10-33)28-7-5-27(6-8-28)42-11-13-46-14-12-42/h3-4,15,17-18,20,22-23,27-28,45H,2,5-14,19,21H2,1H3,(H,35,36,38)/t23-,27?,28?/m0/s1. The fraction of sp³-hybridized carbons (Fsp3) is 0.545. The lowest BCUT2D eigenvalue weighted by Crippen LogP contribution is -2.45. The van der Waals surface area contributed by atoms with E-state index in [4.69, 9.17) is 19.3 Å². The molecule has 3 aliphatic rings. The van der Waals surface area contributed by atoms with Crippen molar-refractivity contribution in [1.82, 2.24) is 44.9 Å². The smallest absolute Gasteiger partial charge is 0.257 e. The van der Waals surface area contributed by atoms with Crippen molar-refractivity contribution in [3.8, 4) is 28.8 Å². The molecule has 0 amide bonds. The van der Waals surface area contributed by atoms with Gasteiger partial charge in [0, 0.05) is 37.1 Å². The Hall–Kier alpha value is -4.65. The van der Waals surface area contributed by atoms with Gasteiger partial charge in [0.25, 0.3) is 5.88 Å². The predicted octanol–water partition coefficient (Wildman–Crippen LogP) is 3.52. The summed E-state index contributed by atoms with van der Waals surface area (Å²) in [6.07, 6.45) is 13.4. The van der Waals surface area contributed by atoms with Crippen LogP contribution >= 0.6 is 0 Å². The highest BCUT2D eigenvalue weighted by atomic mass is 16.5. The van der Waals surface area contributed by atoms with E-state index in [9.17, 15) is 10.4 Å². The first-order valence-corrected chi connectivity index (χ1v) is 16.7. The maximum absolute atomic E-state index is 10.7. The zero-order valence-electron chi connectivity index (χ0n) is 27.1. The molecular formula is C33H41N11O4. The van der Waals surface area contributed by atoms with Gasteiger partial charge in [-0.2, -0.15) is 5.26 Å². The van der Waals surface area contributed by atoms with Gasteiger partial charge in [0.15, 0.2) is 0 Å². The Morgan fingerprint density at radius 1 is 1.10 bits per heavy atom. The van der Waals surface area contributed by atoms with Crippen molar-refractivity contribution in [3.05, 3.63) is 48.7 Å². The van der Waals surface area contributed by atoms with Crippen LogP contribution in [0.2, 0.25) is 0 Å². The maximum Gasteiger partial charge on any atom is 0.257 e. The summed E-state index contributed by atoms with van der Waals surface area (Å²) in [6.45, 7) is 6.16. The molecule has 1 saturated heterocycles. The summed E-state index contributed by atoms with van der Waals surface area (Å²) >= 11 is 0. The summed E-state index contributed by atoms with van der Waals surface area (Å²) in [5.41, 5.74) is 1.85. The molecule has 1 atom stereocenters. The fourth-order valence-corrected chi connectivity index (χ4v) is 6.65. The molecule has 15 heteroatoms. The van der Waals surface area contributed by atoms with Crippen molar-refractivity contribution in [2.75, 3.05) is 38.2 Å². The average molecular weight is 656 g/mol. The minimum atomic E-state index is -0.801. The molecule has 4 aromatic rings. The van der Waals surface area contributed by atoms with E-state index in [0.717, 1.165) is 82.4 Å². The summed E-state index contributed by atoms with van der Waals surface area (Å²) in [7, 11) is 0. The molecule has 15 nitrogen and oxygen atoms in total. The fourth-order valence-electron chi connectivity index (χ4n) is 6.65. The Balaban J connectivity index is 1.04. The maximum atomic E-state index is 10.7. The number of tetrazole rings is 1. The molecule has 7 rings (SSSR count). The molecule has 1 aliphatic heterocycles. The van der Waals surface area contributed by atoms with Gasteiger partial charge in [-0.1, -0.05) is 6.07 Å². The Labute approximate surface area is 278 Å². The Kier molecular flexibility index (Phi) is 9.46. The topological polar surface area (TPSA) is 174 Å². The van der Waals surface area contributed by atoms with Crippen molar-refractivity contribution < 1.29 is 19.3 Å². The summed E-state index contributed by atoms with van der Waals surface area (Å²) in [4.78, 5) is 11.7. The normalized spacial score (nSPS) is 21.5. The van der Waals surface area contributed by atoms with Gasteiger partial charge in [0.05, 0.1) is 43.2 Å². The summed E-state index contributed by atoms with van der Waals surface area (Å²) in [6, 6.07) is 8.43. The lowest BCUT2D eigenvalue weighted by molar-refractivity contribution is -0.0672. The number of ether oxygens (including phenoxy) is 3. The quantitative estimate of drug-likeness (QED) is 0.227. The molecule has 2 saturated carbocycles. The van der Waals surface area contributed by atoms with Gasteiger partial charge in [-0.15, -0.1) is 10.2 Å². The third-order valence-corrected chi connectivity index (χ3v) is 9.56. The molecule has 0 spiro atoms. The molecule has 0 unspecified atom stereocenters. The van der Waals surface area contributed by atoms with Gasteiger partial charge in [-0.25, -0.2) is 14.6 Å². The lowest BCUT2D eigenvalue weighted by Gasteiger charge is -2.38. The molecule has 0 radical (unpaired) electrons. The molecule has 2 aliphatic carbocycles. The number of nitriles is 1. The number of nitrogens with one attached hydrogen (secondary N) is 1. The number of hydrogen-bond acceptors (Lipinski definition) is 13. The van der Waals surface area contributed by atoms with Crippen LogP contribution in [0.25, 0.3) is 11.1 Å². The summed E-state index contributed by atoms with van der Waals surface area (Å²) in [5.74, 6) is 1.28. The predicted molar refractivity (Wildman–Crippen MR) is 174 cm³/mol. The molecule has 3 fully saturated rings. The summed E-state index contributed by atoms with van der Waals surface area (Å²) in [5, 5.41) is 39.7. The molecule has 252 valence electrons. The van der Waals surface area contributed by atoms with Gasteiger partial charge >= 0.3 is 0 Å². The second-order valence-corrected chi connectivity index (χ2v) is 13.0. The highest BCUT2D eigenvalue weighted by Gasteiger charge is 2.36. The Morgan fingerprint density at radius 3 is 2.56 bits per heavy atom. The van der Waals surface area contributed by atoms with E-state index in [2.05, 4.69) is 41.8 Å². The molecule has 4 heterocycles. The number of morpholine rings is 1. The van der Waals surface area contributed by atoms with Crippen LogP contribution in [0, 0.1) is 11.3 Å². The first-order chi connectivity index (χ1) is 23.4. The first-order valence-electron chi connectivity index (χ1n) is 16.7. The van der Waals surface area contributed by atoms with Crippen molar-refractivity contribution in [2.45, 2.75) is 82.2 Å². The van der Waals surface area contributed by atoms with Crippen LogP contribution < -0.4 is 14.8 Å². The molecule has 3 aromatic heterocycles.